The summed E-state index contributed by atoms with van der Waals surface area (Å²) in [4.78, 5) is 24.2. The van der Waals surface area contributed by atoms with Crippen LogP contribution in [0.4, 0.5) is 5.69 Å². The number of aliphatic hydroxyl groups is 1. The first-order valence-electron chi connectivity index (χ1n) is 10.1. The molecule has 2 saturated heterocycles. The zero-order valence-electron chi connectivity index (χ0n) is 16.5. The van der Waals surface area contributed by atoms with Crippen LogP contribution in [0.25, 0.3) is 0 Å². The van der Waals surface area contributed by atoms with E-state index in [1.54, 1.807) is 0 Å². The first kappa shape index (κ1) is 20.1. The molecule has 29 heavy (non-hydrogen) atoms. The van der Waals surface area contributed by atoms with Gasteiger partial charge in [0.1, 0.15) is 18.0 Å². The zero-order chi connectivity index (χ0) is 20.4. The minimum absolute atomic E-state index is 0.00694. The van der Waals surface area contributed by atoms with Crippen LogP contribution in [0, 0.1) is 5.92 Å². The Morgan fingerprint density at radius 2 is 2.07 bits per heavy atom. The molecule has 3 aliphatic heterocycles. The van der Waals surface area contributed by atoms with Crippen LogP contribution < -0.4 is 10.1 Å². The molecule has 158 valence electrons. The second kappa shape index (κ2) is 8.69. The predicted octanol–water partition coefficient (Wildman–Crippen LogP) is 1.61. The Hall–Kier alpha value is -2.16. The van der Waals surface area contributed by atoms with Crippen molar-refractivity contribution in [3.8, 4) is 5.75 Å². The van der Waals surface area contributed by atoms with E-state index in [1.165, 1.54) is 7.11 Å². The van der Waals surface area contributed by atoms with E-state index in [4.69, 9.17) is 18.9 Å². The van der Waals surface area contributed by atoms with Crippen molar-refractivity contribution >= 4 is 17.6 Å². The molecule has 0 bridgehead atoms. The number of carbonyl (C=O) groups excluding carboxylic acids is 2. The van der Waals surface area contributed by atoms with E-state index in [2.05, 4.69) is 5.32 Å². The standard InChI is InChI=1S/C21H27NO7/c1-26-19(24)10-14-9-16-15-8-13(22-21(25)12-4-6-27-7-5-12)2-3-17(15)29-20(16)18(11-23)28-14/h2-3,8,12,14,16,18,20,23H,4-7,9-11H2,1H3,(H,22,25)/t14-,16-,18-,20+/m1/s1. The van der Waals surface area contributed by atoms with E-state index < -0.39 is 6.10 Å². The fraction of sp³-hybridized carbons (Fsp3) is 0.619. The third kappa shape index (κ3) is 4.24. The molecular weight excluding hydrogens is 378 g/mol. The summed E-state index contributed by atoms with van der Waals surface area (Å²) < 4.78 is 22.0. The zero-order valence-corrected chi connectivity index (χ0v) is 16.5. The molecule has 4 rings (SSSR count). The van der Waals surface area contributed by atoms with Gasteiger partial charge in [-0.3, -0.25) is 9.59 Å². The van der Waals surface area contributed by atoms with Gasteiger partial charge in [0.05, 0.1) is 26.2 Å². The maximum atomic E-state index is 12.6. The summed E-state index contributed by atoms with van der Waals surface area (Å²) in [5.74, 6) is 0.330. The van der Waals surface area contributed by atoms with E-state index >= 15 is 0 Å². The van der Waals surface area contributed by atoms with E-state index in [-0.39, 0.29) is 48.9 Å². The molecule has 0 aliphatic carbocycles. The Labute approximate surface area is 169 Å². The topological polar surface area (TPSA) is 103 Å². The lowest BCUT2D eigenvalue weighted by molar-refractivity contribution is -0.156. The number of methoxy groups -OCH3 is 1. The number of hydrogen-bond acceptors (Lipinski definition) is 7. The summed E-state index contributed by atoms with van der Waals surface area (Å²) >= 11 is 0. The molecule has 0 unspecified atom stereocenters. The molecule has 3 aliphatic rings. The normalized spacial score (nSPS) is 28.8. The van der Waals surface area contributed by atoms with Crippen molar-refractivity contribution in [1.29, 1.82) is 0 Å². The van der Waals surface area contributed by atoms with Gasteiger partial charge in [-0.15, -0.1) is 0 Å². The van der Waals surface area contributed by atoms with Crippen molar-refractivity contribution in [2.24, 2.45) is 5.92 Å². The van der Waals surface area contributed by atoms with Gasteiger partial charge in [0.15, 0.2) is 0 Å². The number of ether oxygens (including phenoxy) is 4. The molecule has 0 spiro atoms. The van der Waals surface area contributed by atoms with Crippen molar-refractivity contribution < 1.29 is 33.6 Å². The summed E-state index contributed by atoms with van der Waals surface area (Å²) in [6.45, 7) is 1.04. The molecule has 8 heteroatoms. The second-order valence-corrected chi connectivity index (χ2v) is 7.81. The maximum Gasteiger partial charge on any atom is 0.308 e. The number of aliphatic hydroxyl groups excluding tert-OH is 1. The third-order valence-corrected chi connectivity index (χ3v) is 5.98. The Kier molecular flexibility index (Phi) is 6.03. The number of benzene rings is 1. The maximum absolute atomic E-state index is 12.6. The smallest absolute Gasteiger partial charge is 0.308 e. The fourth-order valence-electron chi connectivity index (χ4n) is 4.44. The van der Waals surface area contributed by atoms with Gasteiger partial charge in [0, 0.05) is 36.3 Å². The Balaban J connectivity index is 1.50. The average Bonchev–Trinajstić information content (AvgIpc) is 3.11. The molecule has 3 heterocycles. The number of anilines is 1. The summed E-state index contributed by atoms with van der Waals surface area (Å²) in [5.41, 5.74) is 1.69. The van der Waals surface area contributed by atoms with Crippen molar-refractivity contribution in [2.45, 2.75) is 49.9 Å². The molecule has 8 nitrogen and oxygen atoms in total. The lowest BCUT2D eigenvalue weighted by atomic mass is 9.84. The fourth-order valence-corrected chi connectivity index (χ4v) is 4.44. The molecule has 0 aromatic heterocycles. The number of hydrogen-bond donors (Lipinski definition) is 2. The number of nitrogens with one attached hydrogen (secondary N) is 1. The first-order chi connectivity index (χ1) is 14.1. The van der Waals surface area contributed by atoms with Gasteiger partial charge in [-0.25, -0.2) is 0 Å². The predicted molar refractivity (Wildman–Crippen MR) is 103 cm³/mol. The lowest BCUT2D eigenvalue weighted by Crippen LogP contribution is -2.46. The number of amides is 1. The largest absolute Gasteiger partial charge is 0.487 e. The van der Waals surface area contributed by atoms with Crippen LogP contribution in [0.3, 0.4) is 0 Å². The molecule has 4 atom stereocenters. The van der Waals surface area contributed by atoms with Gasteiger partial charge in [-0.2, -0.15) is 0 Å². The molecule has 0 saturated carbocycles. The van der Waals surface area contributed by atoms with Gasteiger partial charge >= 0.3 is 5.97 Å². The highest BCUT2D eigenvalue weighted by molar-refractivity contribution is 5.92. The average molecular weight is 405 g/mol. The van der Waals surface area contributed by atoms with Crippen molar-refractivity contribution in [1.82, 2.24) is 0 Å². The minimum atomic E-state index is -0.518. The van der Waals surface area contributed by atoms with Crippen LogP contribution in [0.2, 0.25) is 0 Å². The van der Waals surface area contributed by atoms with E-state index in [1.807, 2.05) is 18.2 Å². The Morgan fingerprint density at radius 1 is 1.28 bits per heavy atom. The number of fused-ring (bicyclic) bond motifs is 3. The molecule has 2 N–H and O–H groups in total. The van der Waals surface area contributed by atoms with E-state index in [0.717, 1.165) is 29.8 Å². The number of esters is 1. The van der Waals surface area contributed by atoms with Crippen LogP contribution in [0.1, 0.15) is 37.2 Å². The van der Waals surface area contributed by atoms with Crippen LogP contribution in [0.5, 0.6) is 5.75 Å². The Bertz CT molecular complexity index is 761. The monoisotopic (exact) mass is 405 g/mol. The quantitative estimate of drug-likeness (QED) is 0.718. The SMILES string of the molecule is COC(=O)C[C@H]1C[C@@H]2c3cc(NC(=O)C4CCOCC4)ccc3O[C@@H]2[C@@H](CO)O1. The summed E-state index contributed by atoms with van der Waals surface area (Å²) in [7, 11) is 1.35. The molecular formula is C21H27NO7. The lowest BCUT2D eigenvalue weighted by Gasteiger charge is -2.36. The number of rotatable bonds is 5. The molecule has 1 aromatic rings. The summed E-state index contributed by atoms with van der Waals surface area (Å²) in [5, 5.41) is 12.8. The minimum Gasteiger partial charge on any atom is -0.487 e. The second-order valence-electron chi connectivity index (χ2n) is 7.81. The number of carbonyl (C=O) groups is 2. The first-order valence-corrected chi connectivity index (χ1v) is 10.1. The van der Waals surface area contributed by atoms with Gasteiger partial charge in [0.2, 0.25) is 5.91 Å². The van der Waals surface area contributed by atoms with Crippen molar-refractivity contribution in [3.05, 3.63) is 23.8 Å². The highest BCUT2D eigenvalue weighted by atomic mass is 16.6. The van der Waals surface area contributed by atoms with E-state index in [0.29, 0.717) is 19.6 Å². The summed E-state index contributed by atoms with van der Waals surface area (Å²) in [6, 6.07) is 5.61. The van der Waals surface area contributed by atoms with Gasteiger partial charge in [-0.1, -0.05) is 0 Å². The van der Waals surface area contributed by atoms with E-state index in [9.17, 15) is 14.7 Å². The van der Waals surface area contributed by atoms with Crippen molar-refractivity contribution in [3.63, 3.8) is 0 Å². The van der Waals surface area contributed by atoms with Crippen LogP contribution in [0.15, 0.2) is 18.2 Å². The molecule has 2 fully saturated rings. The van der Waals surface area contributed by atoms with Gasteiger partial charge in [0.25, 0.3) is 0 Å². The molecule has 1 aromatic carbocycles. The Morgan fingerprint density at radius 3 is 2.79 bits per heavy atom. The highest BCUT2D eigenvalue weighted by Gasteiger charge is 2.46. The van der Waals surface area contributed by atoms with Crippen LogP contribution >= 0.6 is 0 Å². The third-order valence-electron chi connectivity index (χ3n) is 5.98. The van der Waals surface area contributed by atoms with Crippen LogP contribution in [-0.2, 0) is 23.8 Å². The van der Waals surface area contributed by atoms with Gasteiger partial charge < -0.3 is 29.4 Å². The van der Waals surface area contributed by atoms with Gasteiger partial charge in [-0.05, 0) is 37.5 Å². The molecule has 0 radical (unpaired) electrons. The van der Waals surface area contributed by atoms with Crippen molar-refractivity contribution in [2.75, 3.05) is 32.2 Å². The molecule has 1 amide bonds. The highest BCUT2D eigenvalue weighted by Crippen LogP contribution is 2.47. The summed E-state index contributed by atoms with van der Waals surface area (Å²) in [6.07, 6.45) is 0.995. The van der Waals surface area contributed by atoms with Crippen LogP contribution in [-0.4, -0.2) is 62.2 Å².